The van der Waals surface area contributed by atoms with Crippen LogP contribution in [-0.4, -0.2) is 0 Å². The zero-order valence-corrected chi connectivity index (χ0v) is 26.4. The van der Waals surface area contributed by atoms with E-state index in [1.807, 2.05) is 11.3 Å². The molecule has 0 amide bonds. The van der Waals surface area contributed by atoms with Gasteiger partial charge in [-0.1, -0.05) is 115 Å². The van der Waals surface area contributed by atoms with Gasteiger partial charge < -0.3 is 4.90 Å². The lowest BCUT2D eigenvalue weighted by Gasteiger charge is -2.29. The average molecular weight is 608 g/mol. The van der Waals surface area contributed by atoms with Crippen LogP contribution in [0.15, 0.2) is 163 Å². The standard InChI is InChI=1S/C44H33NS/c1-3-12-30(13-4-1)32-14-11-17-36(28-32)45(34-15-5-2-6-16-34)35-25-22-31(23-26-35)33-24-27-42-41(29-33)43-39-20-9-7-18-37(39)38-19-8-10-21-40(38)44(43)46-42/h1,3-5,7-12,14-30H,2,6,13H2. The van der Waals surface area contributed by atoms with Gasteiger partial charge in [0.25, 0.3) is 0 Å². The fraction of sp³-hybridized carbons (Fsp3) is 0.0909. The van der Waals surface area contributed by atoms with Crippen LogP contribution >= 0.6 is 11.3 Å². The lowest BCUT2D eigenvalue weighted by Crippen LogP contribution is -2.16. The van der Waals surface area contributed by atoms with E-state index in [2.05, 4.69) is 163 Å². The third kappa shape index (κ3) is 4.60. The van der Waals surface area contributed by atoms with Crippen LogP contribution in [0.2, 0.25) is 0 Å². The fourth-order valence-corrected chi connectivity index (χ4v) is 8.56. The van der Waals surface area contributed by atoms with Gasteiger partial charge in [-0.25, -0.2) is 0 Å². The Hall–Kier alpha value is -5.18. The van der Waals surface area contributed by atoms with Crippen LogP contribution in [0.5, 0.6) is 0 Å². The van der Waals surface area contributed by atoms with Gasteiger partial charge in [0.2, 0.25) is 0 Å². The highest BCUT2D eigenvalue weighted by molar-refractivity contribution is 7.27. The van der Waals surface area contributed by atoms with Gasteiger partial charge in [-0.15, -0.1) is 11.3 Å². The second-order valence-corrected chi connectivity index (χ2v) is 13.4. The molecule has 2 heteroatoms. The Morgan fingerprint density at radius 2 is 1.37 bits per heavy atom. The minimum atomic E-state index is 0.420. The van der Waals surface area contributed by atoms with E-state index >= 15 is 0 Å². The lowest BCUT2D eigenvalue weighted by atomic mass is 9.92. The van der Waals surface area contributed by atoms with Crippen molar-refractivity contribution in [3.63, 3.8) is 0 Å². The van der Waals surface area contributed by atoms with Gasteiger partial charge >= 0.3 is 0 Å². The van der Waals surface area contributed by atoms with Crippen molar-refractivity contribution < 1.29 is 0 Å². The molecule has 1 aromatic heterocycles. The van der Waals surface area contributed by atoms with Crippen molar-refractivity contribution in [3.05, 3.63) is 169 Å². The number of rotatable bonds is 5. The Labute approximate surface area is 273 Å². The maximum Gasteiger partial charge on any atom is 0.0464 e. The molecule has 46 heavy (non-hydrogen) atoms. The molecule has 6 aromatic carbocycles. The number of allylic oxidation sites excluding steroid dienone is 7. The predicted octanol–water partition coefficient (Wildman–Crippen LogP) is 13.0. The molecular weight excluding hydrogens is 575 g/mol. The van der Waals surface area contributed by atoms with Crippen molar-refractivity contribution in [1.82, 2.24) is 0 Å². The summed E-state index contributed by atoms with van der Waals surface area (Å²) >= 11 is 1.91. The monoisotopic (exact) mass is 607 g/mol. The van der Waals surface area contributed by atoms with E-state index in [1.54, 1.807) is 0 Å². The van der Waals surface area contributed by atoms with E-state index in [0.717, 1.165) is 19.3 Å². The maximum atomic E-state index is 2.41. The number of anilines is 2. The van der Waals surface area contributed by atoms with Gasteiger partial charge in [0, 0.05) is 48.5 Å². The van der Waals surface area contributed by atoms with Crippen molar-refractivity contribution in [2.24, 2.45) is 0 Å². The maximum absolute atomic E-state index is 2.41. The summed E-state index contributed by atoms with van der Waals surface area (Å²) in [4.78, 5) is 2.41. The molecule has 0 aliphatic heterocycles. The Balaban J connectivity index is 1.14. The second kappa shape index (κ2) is 11.3. The predicted molar refractivity (Wildman–Crippen MR) is 200 cm³/mol. The highest BCUT2D eigenvalue weighted by atomic mass is 32.1. The van der Waals surface area contributed by atoms with Crippen LogP contribution in [0.25, 0.3) is 52.8 Å². The molecule has 0 bridgehead atoms. The smallest absolute Gasteiger partial charge is 0.0464 e. The SMILES string of the molecule is C1=CCC(c2cccc(N(C3=CCCC=C3)c3ccc(-c4ccc5sc6c7ccccc7c7ccccc7c6c5c4)cc3)c2)C=C1. The molecule has 0 radical (unpaired) electrons. The zero-order valence-electron chi connectivity index (χ0n) is 25.6. The fourth-order valence-electron chi connectivity index (χ4n) is 7.32. The van der Waals surface area contributed by atoms with Gasteiger partial charge in [-0.05, 0) is 94.6 Å². The number of hydrogen-bond donors (Lipinski definition) is 0. The number of hydrogen-bond acceptors (Lipinski definition) is 2. The van der Waals surface area contributed by atoms with Crippen molar-refractivity contribution in [2.75, 3.05) is 4.90 Å². The zero-order chi connectivity index (χ0) is 30.5. The number of nitrogens with zero attached hydrogens (tertiary/aromatic N) is 1. The summed E-state index contributed by atoms with van der Waals surface area (Å²) in [5.41, 5.74) is 7.46. The summed E-state index contributed by atoms with van der Waals surface area (Å²) in [6.45, 7) is 0. The largest absolute Gasteiger partial charge is 0.311 e. The summed E-state index contributed by atoms with van der Waals surface area (Å²) in [6, 6.07) is 43.0. The molecule has 1 unspecified atom stereocenters. The van der Waals surface area contributed by atoms with Crippen LogP contribution in [0.3, 0.4) is 0 Å². The molecule has 0 spiro atoms. The van der Waals surface area contributed by atoms with E-state index < -0.39 is 0 Å². The molecule has 7 aromatic rings. The van der Waals surface area contributed by atoms with Crippen LogP contribution in [0.4, 0.5) is 11.4 Å². The van der Waals surface area contributed by atoms with Crippen LogP contribution in [-0.2, 0) is 0 Å². The molecule has 2 aliphatic rings. The first-order chi connectivity index (χ1) is 22.8. The number of benzene rings is 6. The third-order valence-corrected chi connectivity index (χ3v) is 10.8. The molecule has 0 saturated heterocycles. The highest BCUT2D eigenvalue weighted by Gasteiger charge is 2.18. The van der Waals surface area contributed by atoms with Crippen LogP contribution in [0, 0.1) is 0 Å². The van der Waals surface area contributed by atoms with Gasteiger partial charge in [-0.3, -0.25) is 0 Å². The summed E-state index contributed by atoms with van der Waals surface area (Å²) < 4.78 is 2.71. The molecule has 1 heterocycles. The van der Waals surface area contributed by atoms with Crippen molar-refractivity contribution in [1.29, 1.82) is 0 Å². The van der Waals surface area contributed by atoms with E-state index in [1.165, 1.54) is 75.5 Å². The highest BCUT2D eigenvalue weighted by Crippen LogP contribution is 2.45. The van der Waals surface area contributed by atoms with E-state index in [4.69, 9.17) is 0 Å². The second-order valence-electron chi connectivity index (χ2n) is 12.3. The minimum absolute atomic E-state index is 0.420. The number of fused-ring (bicyclic) bond motifs is 8. The Morgan fingerprint density at radius 3 is 2.15 bits per heavy atom. The molecule has 220 valence electrons. The average Bonchev–Trinajstić information content (AvgIpc) is 3.53. The topological polar surface area (TPSA) is 3.24 Å². The summed E-state index contributed by atoms with van der Waals surface area (Å²) in [6.07, 6.45) is 19.0. The molecule has 0 N–H and O–H groups in total. The lowest BCUT2D eigenvalue weighted by molar-refractivity contribution is 0.853. The van der Waals surface area contributed by atoms with Gasteiger partial charge in [0.1, 0.15) is 0 Å². The summed E-state index contributed by atoms with van der Waals surface area (Å²) in [7, 11) is 0. The van der Waals surface area contributed by atoms with Gasteiger partial charge in [-0.2, -0.15) is 0 Å². The van der Waals surface area contributed by atoms with Crippen molar-refractivity contribution in [3.8, 4) is 11.1 Å². The first-order valence-electron chi connectivity index (χ1n) is 16.3. The van der Waals surface area contributed by atoms with Gasteiger partial charge in [0.15, 0.2) is 0 Å². The van der Waals surface area contributed by atoms with Crippen molar-refractivity contribution in [2.45, 2.75) is 25.2 Å². The third-order valence-electron chi connectivity index (χ3n) is 9.58. The van der Waals surface area contributed by atoms with E-state index in [0.29, 0.717) is 5.92 Å². The molecule has 9 rings (SSSR count). The van der Waals surface area contributed by atoms with Crippen LogP contribution in [0.1, 0.15) is 30.7 Å². The molecule has 1 atom stereocenters. The number of thiophene rings is 1. The summed E-state index contributed by atoms with van der Waals surface area (Å²) in [5, 5.41) is 8.05. The normalized spacial score (nSPS) is 16.1. The molecule has 0 fully saturated rings. The Bertz CT molecular complexity index is 2400. The Morgan fingerprint density at radius 1 is 0.587 bits per heavy atom. The van der Waals surface area contributed by atoms with Gasteiger partial charge in [0.05, 0.1) is 0 Å². The van der Waals surface area contributed by atoms with Crippen molar-refractivity contribution >= 4 is 64.4 Å². The molecule has 2 aliphatic carbocycles. The molecule has 0 saturated carbocycles. The first-order valence-corrected chi connectivity index (χ1v) is 17.1. The minimum Gasteiger partial charge on any atom is -0.311 e. The Kier molecular flexibility index (Phi) is 6.68. The molecule has 1 nitrogen and oxygen atoms in total. The first kappa shape index (κ1) is 27.2. The molecular formula is C44H33NS. The van der Waals surface area contributed by atoms with Crippen LogP contribution < -0.4 is 4.90 Å². The van der Waals surface area contributed by atoms with E-state index in [9.17, 15) is 0 Å². The quantitative estimate of drug-likeness (QED) is 0.176. The van der Waals surface area contributed by atoms with E-state index in [-0.39, 0.29) is 0 Å². The summed E-state index contributed by atoms with van der Waals surface area (Å²) in [5.74, 6) is 0.420.